The van der Waals surface area contributed by atoms with Gasteiger partial charge in [-0.3, -0.25) is 4.90 Å². The summed E-state index contributed by atoms with van der Waals surface area (Å²) in [4.78, 5) is 2.18. The fourth-order valence-electron chi connectivity index (χ4n) is 2.89. The third-order valence-corrected chi connectivity index (χ3v) is 3.97. The maximum atomic E-state index is 14.0. The van der Waals surface area contributed by atoms with E-state index in [1.54, 1.807) is 0 Å². The summed E-state index contributed by atoms with van der Waals surface area (Å²) >= 11 is 0. The molecule has 2 aliphatic rings. The number of rotatable bonds is 3. The van der Waals surface area contributed by atoms with Crippen LogP contribution in [0.25, 0.3) is 0 Å². The number of hydrogen-bond donors (Lipinski definition) is 1. The van der Waals surface area contributed by atoms with E-state index in [1.165, 1.54) is 0 Å². The quantitative estimate of drug-likeness (QED) is 0.849. The Hall–Kier alpha value is -1.07. The Morgan fingerprint density at radius 1 is 1.00 bits per heavy atom. The Morgan fingerprint density at radius 2 is 1.63 bits per heavy atom. The van der Waals surface area contributed by atoms with Crippen molar-refractivity contribution in [1.82, 2.24) is 10.2 Å². The molecule has 0 amide bonds. The van der Waals surface area contributed by atoms with Crippen LogP contribution in [0.4, 0.5) is 13.2 Å². The molecule has 1 saturated heterocycles. The van der Waals surface area contributed by atoms with Gasteiger partial charge in [0.1, 0.15) is 5.82 Å². The van der Waals surface area contributed by atoms with Gasteiger partial charge in [-0.1, -0.05) is 0 Å². The first-order chi connectivity index (χ1) is 9.16. The first-order valence-corrected chi connectivity index (χ1v) is 6.76. The van der Waals surface area contributed by atoms with Gasteiger partial charge in [0.2, 0.25) is 0 Å². The van der Waals surface area contributed by atoms with Crippen molar-refractivity contribution in [2.75, 3.05) is 26.2 Å². The van der Waals surface area contributed by atoms with Crippen molar-refractivity contribution in [2.24, 2.45) is 5.92 Å². The van der Waals surface area contributed by atoms with Crippen molar-refractivity contribution < 1.29 is 13.2 Å². The van der Waals surface area contributed by atoms with Gasteiger partial charge in [0, 0.05) is 43.9 Å². The van der Waals surface area contributed by atoms with Gasteiger partial charge in [-0.25, -0.2) is 13.2 Å². The fraction of sp³-hybridized carbons (Fsp3) is 0.571. The lowest BCUT2D eigenvalue weighted by Crippen LogP contribution is -2.45. The third kappa shape index (κ3) is 2.62. The lowest BCUT2D eigenvalue weighted by atomic mass is 9.99. The average molecular weight is 270 g/mol. The monoisotopic (exact) mass is 270 g/mol. The molecule has 1 N–H and O–H groups in total. The second-order valence-corrected chi connectivity index (χ2v) is 5.36. The van der Waals surface area contributed by atoms with Gasteiger partial charge in [0.05, 0.1) is 0 Å². The van der Waals surface area contributed by atoms with E-state index in [4.69, 9.17) is 0 Å². The van der Waals surface area contributed by atoms with Gasteiger partial charge in [0.15, 0.2) is 11.6 Å². The van der Waals surface area contributed by atoms with Crippen LogP contribution in [0, 0.1) is 23.4 Å². The van der Waals surface area contributed by atoms with E-state index in [0.29, 0.717) is 17.5 Å². The van der Waals surface area contributed by atoms with Crippen LogP contribution >= 0.6 is 0 Å². The van der Waals surface area contributed by atoms with Crippen LogP contribution in [-0.4, -0.2) is 31.1 Å². The van der Waals surface area contributed by atoms with E-state index in [9.17, 15) is 13.2 Å². The Balaban J connectivity index is 1.93. The second-order valence-electron chi connectivity index (χ2n) is 5.36. The van der Waals surface area contributed by atoms with Gasteiger partial charge in [-0.2, -0.15) is 0 Å². The Morgan fingerprint density at radius 3 is 2.26 bits per heavy atom. The molecule has 2 fully saturated rings. The van der Waals surface area contributed by atoms with E-state index in [-0.39, 0.29) is 6.04 Å². The van der Waals surface area contributed by atoms with E-state index < -0.39 is 17.5 Å². The Labute approximate surface area is 110 Å². The van der Waals surface area contributed by atoms with Crippen LogP contribution in [0.2, 0.25) is 0 Å². The maximum Gasteiger partial charge on any atom is 0.161 e. The molecule has 0 aromatic heterocycles. The molecular weight excluding hydrogens is 253 g/mol. The molecule has 0 radical (unpaired) electrons. The summed E-state index contributed by atoms with van der Waals surface area (Å²) in [6, 6.07) is 1.59. The summed E-state index contributed by atoms with van der Waals surface area (Å²) in [6.45, 7) is 3.35. The Kier molecular flexibility index (Phi) is 3.50. The van der Waals surface area contributed by atoms with Crippen molar-refractivity contribution in [1.29, 1.82) is 0 Å². The van der Waals surface area contributed by atoms with Crippen molar-refractivity contribution in [3.05, 3.63) is 35.1 Å². The molecule has 1 aliphatic heterocycles. The Bertz CT molecular complexity index is 468. The van der Waals surface area contributed by atoms with Crippen LogP contribution in [-0.2, 0) is 0 Å². The number of nitrogens with one attached hydrogen (secondary N) is 1. The van der Waals surface area contributed by atoms with E-state index >= 15 is 0 Å². The first kappa shape index (κ1) is 12.9. The van der Waals surface area contributed by atoms with Crippen LogP contribution in [0.1, 0.15) is 24.4 Å². The largest absolute Gasteiger partial charge is 0.314 e. The van der Waals surface area contributed by atoms with Crippen molar-refractivity contribution >= 4 is 0 Å². The lowest BCUT2D eigenvalue weighted by Gasteiger charge is -2.35. The summed E-state index contributed by atoms with van der Waals surface area (Å²) < 4.78 is 40.4. The van der Waals surface area contributed by atoms with Crippen LogP contribution < -0.4 is 5.32 Å². The molecule has 1 atom stereocenters. The highest BCUT2D eigenvalue weighted by Crippen LogP contribution is 2.45. The summed E-state index contributed by atoms with van der Waals surface area (Å²) in [5, 5.41) is 3.25. The number of nitrogens with zero attached hydrogens (tertiary/aromatic N) is 1. The molecular formula is C14H17F3N2. The molecule has 1 saturated carbocycles. The van der Waals surface area contributed by atoms with Gasteiger partial charge in [0.25, 0.3) is 0 Å². The first-order valence-electron chi connectivity index (χ1n) is 6.76. The topological polar surface area (TPSA) is 15.3 Å². The van der Waals surface area contributed by atoms with Crippen molar-refractivity contribution in [3.63, 3.8) is 0 Å². The molecule has 2 nitrogen and oxygen atoms in total. The minimum Gasteiger partial charge on any atom is -0.314 e. The molecule has 0 bridgehead atoms. The van der Waals surface area contributed by atoms with Crippen molar-refractivity contribution in [2.45, 2.75) is 18.9 Å². The predicted octanol–water partition coefficient (Wildman–Crippen LogP) is 2.46. The number of halogens is 3. The van der Waals surface area contributed by atoms with Crippen LogP contribution in [0.3, 0.4) is 0 Å². The van der Waals surface area contributed by atoms with Crippen molar-refractivity contribution in [3.8, 4) is 0 Å². The number of piperazine rings is 1. The predicted molar refractivity (Wildman–Crippen MR) is 66.2 cm³/mol. The number of benzene rings is 1. The molecule has 5 heteroatoms. The highest BCUT2D eigenvalue weighted by molar-refractivity contribution is 5.25. The molecule has 0 spiro atoms. The minimum atomic E-state index is -1.11. The molecule has 1 aromatic carbocycles. The molecule has 104 valence electrons. The molecule has 3 rings (SSSR count). The fourth-order valence-corrected chi connectivity index (χ4v) is 2.89. The summed E-state index contributed by atoms with van der Waals surface area (Å²) in [5.74, 6) is -2.33. The summed E-state index contributed by atoms with van der Waals surface area (Å²) in [5.41, 5.74) is 0.309. The highest BCUT2D eigenvalue weighted by Gasteiger charge is 2.38. The smallest absolute Gasteiger partial charge is 0.161 e. The zero-order valence-corrected chi connectivity index (χ0v) is 10.6. The van der Waals surface area contributed by atoms with Gasteiger partial charge in [-0.15, -0.1) is 0 Å². The summed E-state index contributed by atoms with van der Waals surface area (Å²) in [6.07, 6.45) is 2.07. The number of hydrogen-bond acceptors (Lipinski definition) is 2. The van der Waals surface area contributed by atoms with Gasteiger partial charge >= 0.3 is 0 Å². The minimum absolute atomic E-state index is 0.114. The average Bonchev–Trinajstić information content (AvgIpc) is 3.22. The molecule has 19 heavy (non-hydrogen) atoms. The van der Waals surface area contributed by atoms with E-state index in [0.717, 1.165) is 45.1 Å². The zero-order valence-electron chi connectivity index (χ0n) is 10.6. The molecule has 1 heterocycles. The molecule has 1 aromatic rings. The second kappa shape index (κ2) is 5.13. The van der Waals surface area contributed by atoms with Crippen LogP contribution in [0.5, 0.6) is 0 Å². The highest BCUT2D eigenvalue weighted by atomic mass is 19.2. The SMILES string of the molecule is Fc1cc(F)c([C@H](C2CC2)N2CCNCC2)cc1F. The maximum absolute atomic E-state index is 14.0. The standard InChI is InChI=1S/C14H17F3N2/c15-11-8-13(17)12(16)7-10(11)14(9-1-2-9)19-5-3-18-4-6-19/h7-9,14,18H,1-6H2/t14-/m0/s1. The van der Waals surface area contributed by atoms with E-state index in [1.807, 2.05) is 0 Å². The van der Waals surface area contributed by atoms with Gasteiger partial charge < -0.3 is 5.32 Å². The normalized spacial score (nSPS) is 22.5. The zero-order chi connectivity index (χ0) is 13.4. The third-order valence-electron chi connectivity index (χ3n) is 3.97. The molecule has 1 aliphatic carbocycles. The van der Waals surface area contributed by atoms with Crippen LogP contribution in [0.15, 0.2) is 12.1 Å². The lowest BCUT2D eigenvalue weighted by molar-refractivity contribution is 0.152. The van der Waals surface area contributed by atoms with E-state index in [2.05, 4.69) is 10.2 Å². The van der Waals surface area contributed by atoms with Gasteiger partial charge in [-0.05, 0) is 24.8 Å². The summed E-state index contributed by atoms with van der Waals surface area (Å²) in [7, 11) is 0. The molecule has 0 unspecified atom stereocenters.